The highest BCUT2D eigenvalue weighted by atomic mass is 19.1. The molecule has 0 fully saturated rings. The maximum Gasteiger partial charge on any atom is 0.228 e. The van der Waals surface area contributed by atoms with Crippen molar-refractivity contribution in [3.8, 4) is 0 Å². The highest BCUT2D eigenvalue weighted by Gasteiger charge is 2.37. The van der Waals surface area contributed by atoms with Crippen molar-refractivity contribution in [3.63, 3.8) is 0 Å². The van der Waals surface area contributed by atoms with E-state index in [1.54, 1.807) is 24.3 Å². The number of aryl methyl sites for hydroxylation is 1. The highest BCUT2D eigenvalue weighted by Crippen LogP contribution is 2.40. The summed E-state index contributed by atoms with van der Waals surface area (Å²) in [6.45, 7) is 5.37. The minimum absolute atomic E-state index is 0.0667. The molecule has 152 valence electrons. The van der Waals surface area contributed by atoms with Crippen LogP contribution < -0.4 is 10.6 Å². The third kappa shape index (κ3) is 3.53. The van der Waals surface area contributed by atoms with Crippen molar-refractivity contribution in [3.05, 3.63) is 65.4 Å². The topological polar surface area (TPSA) is 46.1 Å². The van der Waals surface area contributed by atoms with Crippen LogP contribution in [0.25, 0.3) is 10.9 Å². The summed E-state index contributed by atoms with van der Waals surface area (Å²) in [6.07, 6.45) is 0. The van der Waals surface area contributed by atoms with Gasteiger partial charge in [-0.05, 0) is 53.9 Å². The summed E-state index contributed by atoms with van der Waals surface area (Å²) in [5.41, 5.74) is 3.66. The van der Waals surface area contributed by atoms with E-state index >= 15 is 0 Å². The van der Waals surface area contributed by atoms with Crippen LogP contribution in [0.15, 0.2) is 42.5 Å². The van der Waals surface area contributed by atoms with E-state index in [4.69, 9.17) is 0 Å². The molecule has 0 saturated heterocycles. The van der Waals surface area contributed by atoms with Crippen LogP contribution in [-0.2, 0) is 18.4 Å². The fraction of sp³-hybridized carbons (Fsp3) is 0.348. The number of nitrogens with one attached hydrogen (secondary N) is 2. The van der Waals surface area contributed by atoms with E-state index in [1.807, 2.05) is 20.9 Å². The second kappa shape index (κ2) is 7.59. The molecule has 3 aromatic rings. The first-order chi connectivity index (χ1) is 13.9. The fourth-order valence-corrected chi connectivity index (χ4v) is 4.59. The maximum atomic E-state index is 14.0. The van der Waals surface area contributed by atoms with Crippen molar-refractivity contribution in [1.29, 1.82) is 0 Å². The smallest absolute Gasteiger partial charge is 0.228 e. The van der Waals surface area contributed by atoms with Crippen molar-refractivity contribution in [2.75, 3.05) is 11.9 Å². The van der Waals surface area contributed by atoms with Crippen LogP contribution in [0.5, 0.6) is 0 Å². The second-order valence-corrected chi connectivity index (χ2v) is 8.08. The molecule has 1 aliphatic heterocycles. The largest absolute Gasteiger partial charge is 0.346 e. The molecular weight excluding hydrogens is 372 g/mol. The Bertz CT molecular complexity index is 1060. The Morgan fingerprint density at radius 2 is 1.83 bits per heavy atom. The van der Waals surface area contributed by atoms with E-state index in [9.17, 15) is 13.6 Å². The zero-order valence-corrected chi connectivity index (χ0v) is 16.8. The van der Waals surface area contributed by atoms with Gasteiger partial charge in [0.05, 0.1) is 0 Å². The highest BCUT2D eigenvalue weighted by molar-refractivity contribution is 5.94. The van der Waals surface area contributed by atoms with Gasteiger partial charge in [0.2, 0.25) is 5.91 Å². The first-order valence-corrected chi connectivity index (χ1v) is 9.90. The normalized spacial score (nSPS) is 17.4. The van der Waals surface area contributed by atoms with E-state index in [1.165, 1.54) is 18.2 Å². The number of rotatable bonds is 4. The van der Waals surface area contributed by atoms with Gasteiger partial charge in [-0.2, -0.15) is 0 Å². The molecule has 0 spiro atoms. The summed E-state index contributed by atoms with van der Waals surface area (Å²) >= 11 is 0. The lowest BCUT2D eigenvalue weighted by molar-refractivity contribution is -0.122. The Hall–Kier alpha value is -2.73. The molecule has 4 nitrogen and oxygen atoms in total. The van der Waals surface area contributed by atoms with Crippen LogP contribution in [0.1, 0.15) is 31.0 Å². The van der Waals surface area contributed by atoms with Crippen molar-refractivity contribution in [2.24, 2.45) is 18.9 Å². The minimum atomic E-state index is -0.345. The molecule has 4 rings (SSSR count). The van der Waals surface area contributed by atoms with Gasteiger partial charge < -0.3 is 15.2 Å². The summed E-state index contributed by atoms with van der Waals surface area (Å²) in [5.74, 6) is -1.08. The van der Waals surface area contributed by atoms with Crippen LogP contribution in [0.3, 0.4) is 0 Å². The monoisotopic (exact) mass is 397 g/mol. The molecule has 6 heteroatoms. The molecule has 29 heavy (non-hydrogen) atoms. The predicted molar refractivity (Wildman–Crippen MR) is 111 cm³/mol. The number of benzene rings is 2. The van der Waals surface area contributed by atoms with Gasteiger partial charge in [-0.15, -0.1) is 0 Å². The Balaban J connectivity index is 1.75. The van der Waals surface area contributed by atoms with Gasteiger partial charge in [-0.3, -0.25) is 4.79 Å². The Morgan fingerprint density at radius 1 is 1.14 bits per heavy atom. The van der Waals surface area contributed by atoms with E-state index in [-0.39, 0.29) is 35.3 Å². The average Bonchev–Trinajstić information content (AvgIpc) is 2.96. The number of nitrogens with zero attached hydrogens (tertiary/aromatic N) is 1. The van der Waals surface area contributed by atoms with Crippen LogP contribution in [-0.4, -0.2) is 17.0 Å². The molecule has 2 heterocycles. The lowest BCUT2D eigenvalue weighted by Gasteiger charge is -2.33. The molecule has 0 bridgehead atoms. The maximum absolute atomic E-state index is 14.0. The molecule has 2 aromatic carbocycles. The van der Waals surface area contributed by atoms with E-state index in [2.05, 4.69) is 15.2 Å². The zero-order valence-electron chi connectivity index (χ0n) is 16.8. The van der Waals surface area contributed by atoms with Crippen LogP contribution in [0.2, 0.25) is 0 Å². The first kappa shape index (κ1) is 19.6. The molecule has 0 saturated carbocycles. The summed E-state index contributed by atoms with van der Waals surface area (Å²) in [6, 6.07) is 10.6. The van der Waals surface area contributed by atoms with Gasteiger partial charge in [-0.25, -0.2) is 8.78 Å². The molecule has 2 N–H and O–H groups in total. The Morgan fingerprint density at radius 3 is 2.52 bits per heavy atom. The molecule has 0 radical (unpaired) electrons. The Labute approximate surface area is 168 Å². The van der Waals surface area contributed by atoms with Gasteiger partial charge in [0.1, 0.15) is 11.6 Å². The van der Waals surface area contributed by atoms with Crippen molar-refractivity contribution in [2.45, 2.75) is 26.3 Å². The SMILES string of the molecule is CC(C)C(C(=O)Nc1ccc(F)cc1)C1CNCc2c1c1cc(F)ccc1n2C. The number of aromatic nitrogens is 1. The zero-order chi connectivity index (χ0) is 20.7. The molecule has 1 amide bonds. The van der Waals surface area contributed by atoms with Gasteiger partial charge in [-0.1, -0.05) is 13.8 Å². The summed E-state index contributed by atoms with van der Waals surface area (Å²) in [4.78, 5) is 13.2. The molecule has 2 atom stereocenters. The van der Waals surface area contributed by atoms with E-state index < -0.39 is 0 Å². The molecular formula is C23H25F2N3O. The van der Waals surface area contributed by atoms with Crippen LogP contribution in [0, 0.1) is 23.5 Å². The van der Waals surface area contributed by atoms with Crippen LogP contribution in [0.4, 0.5) is 14.5 Å². The van der Waals surface area contributed by atoms with Crippen molar-refractivity contribution < 1.29 is 13.6 Å². The average molecular weight is 397 g/mol. The molecule has 1 aromatic heterocycles. The number of anilines is 1. The molecule has 0 aliphatic carbocycles. The summed E-state index contributed by atoms with van der Waals surface area (Å²) in [7, 11) is 1.98. The second-order valence-electron chi connectivity index (χ2n) is 8.08. The lowest BCUT2D eigenvalue weighted by atomic mass is 9.76. The van der Waals surface area contributed by atoms with Crippen molar-refractivity contribution >= 4 is 22.5 Å². The summed E-state index contributed by atoms with van der Waals surface area (Å²) in [5, 5.41) is 7.23. The van der Waals surface area contributed by atoms with Crippen LogP contribution >= 0.6 is 0 Å². The number of carbonyl (C=O) groups excluding carboxylic acids is 1. The van der Waals surface area contributed by atoms with Gasteiger partial charge >= 0.3 is 0 Å². The van der Waals surface area contributed by atoms with Gasteiger partial charge in [0, 0.05) is 54.3 Å². The minimum Gasteiger partial charge on any atom is -0.346 e. The third-order valence-corrected chi connectivity index (χ3v) is 5.92. The first-order valence-electron chi connectivity index (χ1n) is 9.90. The number of amides is 1. The van der Waals surface area contributed by atoms with E-state index in [0.717, 1.165) is 22.2 Å². The quantitative estimate of drug-likeness (QED) is 0.678. The molecule has 2 unspecified atom stereocenters. The Kier molecular flexibility index (Phi) is 5.13. The number of halogens is 2. The number of hydrogen-bond donors (Lipinski definition) is 2. The third-order valence-electron chi connectivity index (χ3n) is 5.92. The van der Waals surface area contributed by atoms with Gasteiger partial charge in [0.25, 0.3) is 0 Å². The lowest BCUT2D eigenvalue weighted by Crippen LogP contribution is -2.40. The number of carbonyl (C=O) groups is 1. The fourth-order valence-electron chi connectivity index (χ4n) is 4.59. The van der Waals surface area contributed by atoms with Gasteiger partial charge in [0.15, 0.2) is 0 Å². The predicted octanol–water partition coefficient (Wildman–Crippen LogP) is 4.55. The van der Waals surface area contributed by atoms with Crippen molar-refractivity contribution in [1.82, 2.24) is 9.88 Å². The summed E-state index contributed by atoms with van der Waals surface area (Å²) < 4.78 is 29.3. The molecule has 1 aliphatic rings. The number of fused-ring (bicyclic) bond motifs is 3. The standard InChI is InChI=1S/C23H25F2N3O/c1-13(2)21(23(29)27-16-7-4-14(24)5-8-16)18-11-26-12-20-22(18)17-10-15(25)6-9-19(17)28(20)3/h4-10,13,18,21,26H,11-12H2,1-3H3,(H,27,29). The van der Waals surface area contributed by atoms with E-state index in [0.29, 0.717) is 18.8 Å². The number of hydrogen-bond acceptors (Lipinski definition) is 2.